The van der Waals surface area contributed by atoms with E-state index in [1.807, 2.05) is 36.7 Å². The van der Waals surface area contributed by atoms with Gasteiger partial charge in [0, 0.05) is 24.3 Å². The molecule has 0 spiro atoms. The Kier molecular flexibility index (Phi) is 7.00. The molecule has 0 saturated heterocycles. The van der Waals surface area contributed by atoms with Gasteiger partial charge in [-0.3, -0.25) is 4.79 Å². The number of amides is 1. The molecule has 0 aliphatic rings. The Balaban J connectivity index is 1.87. The zero-order chi connectivity index (χ0) is 23.5. The molecule has 3 rings (SSSR count). The van der Waals surface area contributed by atoms with Gasteiger partial charge in [0.1, 0.15) is 5.75 Å². The SMILES string of the molecule is CCN(CC)S(=O)(=O)c1ccc(OC)c(NC(=O)c2ccc(-n3nc(C)cc3C)cc2)c1. The van der Waals surface area contributed by atoms with Crippen molar-refractivity contribution in [3.8, 4) is 11.4 Å². The lowest BCUT2D eigenvalue weighted by Crippen LogP contribution is -2.30. The summed E-state index contributed by atoms with van der Waals surface area (Å²) in [6.07, 6.45) is 0. The summed E-state index contributed by atoms with van der Waals surface area (Å²) in [5.41, 5.74) is 3.46. The summed E-state index contributed by atoms with van der Waals surface area (Å²) in [6.45, 7) is 8.16. The predicted molar refractivity (Wildman–Crippen MR) is 124 cm³/mol. The topological polar surface area (TPSA) is 93.5 Å². The van der Waals surface area contributed by atoms with Crippen LogP contribution in [0.3, 0.4) is 0 Å². The lowest BCUT2D eigenvalue weighted by atomic mass is 10.2. The fraction of sp³-hybridized carbons (Fsp3) is 0.304. The van der Waals surface area contributed by atoms with Crippen LogP contribution in [0.4, 0.5) is 5.69 Å². The summed E-state index contributed by atoms with van der Waals surface area (Å²) in [5, 5.41) is 7.22. The van der Waals surface area contributed by atoms with Crippen molar-refractivity contribution in [2.24, 2.45) is 0 Å². The number of aromatic nitrogens is 2. The molecule has 1 N–H and O–H groups in total. The lowest BCUT2D eigenvalue weighted by molar-refractivity contribution is 0.102. The minimum absolute atomic E-state index is 0.0946. The zero-order valence-corrected chi connectivity index (χ0v) is 19.7. The van der Waals surface area contributed by atoms with Gasteiger partial charge in [-0.05, 0) is 62.4 Å². The number of carbonyl (C=O) groups is 1. The van der Waals surface area contributed by atoms with E-state index >= 15 is 0 Å². The highest BCUT2D eigenvalue weighted by Gasteiger charge is 2.23. The summed E-state index contributed by atoms with van der Waals surface area (Å²) < 4.78 is 34.2. The van der Waals surface area contributed by atoms with Gasteiger partial charge in [-0.2, -0.15) is 9.40 Å². The van der Waals surface area contributed by atoms with Gasteiger partial charge in [-0.25, -0.2) is 13.1 Å². The number of sulfonamides is 1. The van der Waals surface area contributed by atoms with Gasteiger partial charge in [0.15, 0.2) is 0 Å². The van der Waals surface area contributed by atoms with Gasteiger partial charge >= 0.3 is 0 Å². The van der Waals surface area contributed by atoms with Gasteiger partial charge in [0.25, 0.3) is 5.91 Å². The molecule has 0 fully saturated rings. The van der Waals surface area contributed by atoms with Crippen molar-refractivity contribution in [2.75, 3.05) is 25.5 Å². The van der Waals surface area contributed by atoms with E-state index in [-0.39, 0.29) is 16.5 Å². The van der Waals surface area contributed by atoms with Crippen LogP contribution in [0, 0.1) is 13.8 Å². The van der Waals surface area contributed by atoms with E-state index in [9.17, 15) is 13.2 Å². The zero-order valence-electron chi connectivity index (χ0n) is 18.9. The number of hydrogen-bond donors (Lipinski definition) is 1. The third kappa shape index (κ3) is 4.68. The molecule has 1 amide bonds. The van der Waals surface area contributed by atoms with Crippen LogP contribution in [0.5, 0.6) is 5.75 Å². The van der Waals surface area contributed by atoms with Gasteiger partial charge in [0.2, 0.25) is 10.0 Å². The van der Waals surface area contributed by atoms with Crippen LogP contribution >= 0.6 is 0 Å². The maximum absolute atomic E-state index is 12.9. The second kappa shape index (κ2) is 9.54. The van der Waals surface area contributed by atoms with E-state index in [1.54, 1.807) is 26.0 Å². The summed E-state index contributed by atoms with van der Waals surface area (Å²) >= 11 is 0. The van der Waals surface area contributed by atoms with Gasteiger partial charge in [0.05, 0.1) is 29.1 Å². The number of aryl methyl sites for hydroxylation is 2. The molecule has 0 bridgehead atoms. The minimum atomic E-state index is -3.67. The van der Waals surface area contributed by atoms with E-state index in [1.165, 1.54) is 29.6 Å². The first-order valence-electron chi connectivity index (χ1n) is 10.3. The number of methoxy groups -OCH3 is 1. The molecular weight excluding hydrogens is 428 g/mol. The molecule has 0 saturated carbocycles. The summed E-state index contributed by atoms with van der Waals surface area (Å²) in [4.78, 5) is 13.0. The van der Waals surface area contributed by atoms with Crippen LogP contribution in [-0.2, 0) is 10.0 Å². The quantitative estimate of drug-likeness (QED) is 0.557. The smallest absolute Gasteiger partial charge is 0.255 e. The minimum Gasteiger partial charge on any atom is -0.495 e. The van der Waals surface area contributed by atoms with E-state index in [0.717, 1.165) is 17.1 Å². The Bertz CT molecular complexity index is 1210. The molecule has 0 aliphatic heterocycles. The summed E-state index contributed by atoms with van der Waals surface area (Å²) in [5.74, 6) is -0.00304. The number of benzene rings is 2. The van der Waals surface area contributed by atoms with Crippen LogP contribution in [0.15, 0.2) is 53.4 Å². The van der Waals surface area contributed by atoms with Crippen molar-refractivity contribution >= 4 is 21.6 Å². The van der Waals surface area contributed by atoms with Crippen LogP contribution in [0.1, 0.15) is 35.6 Å². The number of nitrogens with one attached hydrogen (secondary N) is 1. The highest BCUT2D eigenvalue weighted by Crippen LogP contribution is 2.29. The number of ether oxygens (including phenoxy) is 1. The Labute approximate surface area is 188 Å². The Hall–Kier alpha value is -3.17. The Morgan fingerprint density at radius 3 is 2.25 bits per heavy atom. The third-order valence-corrected chi connectivity index (χ3v) is 7.19. The molecule has 32 heavy (non-hydrogen) atoms. The average Bonchev–Trinajstić information content (AvgIpc) is 3.12. The van der Waals surface area contributed by atoms with Crippen molar-refractivity contribution < 1.29 is 17.9 Å². The normalized spacial score (nSPS) is 11.6. The maximum Gasteiger partial charge on any atom is 0.255 e. The van der Waals surface area contributed by atoms with E-state index in [4.69, 9.17) is 4.74 Å². The Morgan fingerprint density at radius 1 is 1.06 bits per heavy atom. The summed E-state index contributed by atoms with van der Waals surface area (Å²) in [6, 6.07) is 13.4. The van der Waals surface area contributed by atoms with E-state index in [2.05, 4.69) is 10.4 Å². The average molecular weight is 457 g/mol. The third-order valence-electron chi connectivity index (χ3n) is 5.15. The molecule has 1 aromatic heterocycles. The number of nitrogens with zero attached hydrogens (tertiary/aromatic N) is 3. The molecule has 9 heteroatoms. The van der Waals surface area contributed by atoms with Crippen molar-refractivity contribution in [1.82, 2.24) is 14.1 Å². The molecule has 2 aromatic carbocycles. The fourth-order valence-corrected chi connectivity index (χ4v) is 4.98. The first-order valence-corrected chi connectivity index (χ1v) is 11.8. The molecule has 8 nitrogen and oxygen atoms in total. The Morgan fingerprint density at radius 2 is 1.72 bits per heavy atom. The highest BCUT2D eigenvalue weighted by molar-refractivity contribution is 7.89. The maximum atomic E-state index is 12.9. The number of rotatable bonds is 8. The molecule has 0 radical (unpaired) electrons. The second-order valence-corrected chi connectivity index (χ2v) is 9.23. The van der Waals surface area contributed by atoms with Gasteiger partial charge < -0.3 is 10.1 Å². The van der Waals surface area contributed by atoms with Crippen LogP contribution in [0.2, 0.25) is 0 Å². The monoisotopic (exact) mass is 456 g/mol. The first kappa shape index (κ1) is 23.5. The van der Waals surface area contributed by atoms with Crippen molar-refractivity contribution in [3.63, 3.8) is 0 Å². The highest BCUT2D eigenvalue weighted by atomic mass is 32.2. The first-order chi connectivity index (χ1) is 15.2. The number of carbonyl (C=O) groups excluding carboxylic acids is 1. The van der Waals surface area contributed by atoms with Crippen molar-refractivity contribution in [1.29, 1.82) is 0 Å². The molecule has 0 aliphatic carbocycles. The van der Waals surface area contributed by atoms with E-state index in [0.29, 0.717) is 24.4 Å². The number of hydrogen-bond acceptors (Lipinski definition) is 5. The van der Waals surface area contributed by atoms with Crippen LogP contribution < -0.4 is 10.1 Å². The van der Waals surface area contributed by atoms with Crippen LogP contribution in [0.25, 0.3) is 5.69 Å². The van der Waals surface area contributed by atoms with Gasteiger partial charge in [-0.15, -0.1) is 0 Å². The number of anilines is 1. The molecular formula is C23H28N4O4S. The lowest BCUT2D eigenvalue weighted by Gasteiger charge is -2.19. The van der Waals surface area contributed by atoms with Gasteiger partial charge in [-0.1, -0.05) is 13.8 Å². The standard InChI is InChI=1S/C23H28N4O4S/c1-6-26(7-2)32(29,30)20-12-13-22(31-5)21(15-20)24-23(28)18-8-10-19(11-9-18)27-17(4)14-16(3)25-27/h8-15H,6-7H2,1-5H3,(H,24,28). The largest absolute Gasteiger partial charge is 0.495 e. The fourth-order valence-electron chi connectivity index (χ4n) is 3.50. The van der Waals surface area contributed by atoms with Crippen LogP contribution in [-0.4, -0.2) is 48.6 Å². The molecule has 1 heterocycles. The predicted octanol–water partition coefficient (Wildman–Crippen LogP) is 3.78. The molecule has 3 aromatic rings. The molecule has 0 unspecified atom stereocenters. The molecule has 170 valence electrons. The van der Waals surface area contributed by atoms with Crippen molar-refractivity contribution in [3.05, 3.63) is 65.5 Å². The van der Waals surface area contributed by atoms with Crippen molar-refractivity contribution in [2.45, 2.75) is 32.6 Å². The van der Waals surface area contributed by atoms with E-state index < -0.39 is 10.0 Å². The summed E-state index contributed by atoms with van der Waals surface area (Å²) in [7, 11) is -2.21. The second-order valence-electron chi connectivity index (χ2n) is 7.29. The molecule has 0 atom stereocenters.